The molecule has 0 radical (unpaired) electrons. The Morgan fingerprint density at radius 2 is 1.72 bits per heavy atom. The van der Waals surface area contributed by atoms with Crippen LogP contribution in [-0.2, 0) is 9.53 Å². The van der Waals surface area contributed by atoms with Gasteiger partial charge in [-0.2, -0.15) is 0 Å². The number of nitrogens with zero attached hydrogens (tertiary/aromatic N) is 3. The predicted octanol–water partition coefficient (Wildman–Crippen LogP) is 3.77. The molecule has 0 bridgehead atoms. The summed E-state index contributed by atoms with van der Waals surface area (Å²) >= 11 is 0. The minimum atomic E-state index is -0.271. The number of allylic oxidation sites excluding steroid dienone is 1. The molecule has 4 aliphatic rings. The monoisotopic (exact) mass is 403 g/mol. The Kier molecular flexibility index (Phi) is 5.92. The number of amides is 2. The maximum Gasteiger partial charge on any atom is 0.414 e. The van der Waals surface area contributed by atoms with Crippen molar-refractivity contribution in [3.63, 3.8) is 0 Å². The van der Waals surface area contributed by atoms with Crippen LogP contribution in [0.2, 0.25) is 0 Å². The van der Waals surface area contributed by atoms with Gasteiger partial charge in [-0.1, -0.05) is 19.4 Å². The number of carbonyl (C=O) groups is 2. The van der Waals surface area contributed by atoms with Crippen molar-refractivity contribution in [1.82, 2.24) is 14.7 Å². The highest BCUT2D eigenvalue weighted by molar-refractivity contribution is 5.79. The molecule has 1 saturated carbocycles. The molecule has 0 aromatic carbocycles. The molecular formula is C23H37N3O3. The van der Waals surface area contributed by atoms with Gasteiger partial charge in [0.1, 0.15) is 0 Å². The largest absolute Gasteiger partial charge is 0.416 e. The van der Waals surface area contributed by atoms with Gasteiger partial charge in [0.15, 0.2) is 0 Å². The van der Waals surface area contributed by atoms with E-state index in [9.17, 15) is 9.59 Å². The van der Waals surface area contributed by atoms with Gasteiger partial charge in [0.25, 0.3) is 0 Å². The Labute approximate surface area is 175 Å². The van der Waals surface area contributed by atoms with Gasteiger partial charge in [0.05, 0.1) is 5.76 Å². The molecule has 162 valence electrons. The second-order valence-corrected chi connectivity index (χ2v) is 9.89. The first-order chi connectivity index (χ1) is 13.9. The van der Waals surface area contributed by atoms with Crippen LogP contribution in [0.4, 0.5) is 4.79 Å². The molecule has 0 aromatic rings. The zero-order valence-electron chi connectivity index (χ0n) is 18.2. The molecule has 0 N–H and O–H groups in total. The second kappa shape index (κ2) is 8.29. The number of hydrogen-bond acceptors (Lipinski definition) is 4. The molecule has 3 aliphatic heterocycles. The van der Waals surface area contributed by atoms with Crippen molar-refractivity contribution in [3.05, 3.63) is 12.3 Å². The van der Waals surface area contributed by atoms with Crippen LogP contribution in [0.15, 0.2) is 12.3 Å². The lowest BCUT2D eigenvalue weighted by atomic mass is 9.83. The molecule has 6 nitrogen and oxygen atoms in total. The fourth-order valence-electron chi connectivity index (χ4n) is 6.17. The second-order valence-electron chi connectivity index (χ2n) is 9.89. The van der Waals surface area contributed by atoms with Crippen molar-refractivity contribution < 1.29 is 14.3 Å². The van der Waals surface area contributed by atoms with Gasteiger partial charge in [-0.25, -0.2) is 4.79 Å². The maximum absolute atomic E-state index is 12.7. The Balaban J connectivity index is 1.30. The van der Waals surface area contributed by atoms with E-state index in [0.29, 0.717) is 29.7 Å². The third kappa shape index (κ3) is 4.18. The summed E-state index contributed by atoms with van der Waals surface area (Å²) in [6.45, 7) is 11.3. The Morgan fingerprint density at radius 1 is 1.07 bits per heavy atom. The number of fused-ring (bicyclic) bond motifs is 1. The lowest BCUT2D eigenvalue weighted by Gasteiger charge is -2.50. The highest BCUT2D eigenvalue weighted by atomic mass is 16.6. The third-order valence-electron chi connectivity index (χ3n) is 7.93. The first-order valence-electron chi connectivity index (χ1n) is 11.6. The average molecular weight is 404 g/mol. The molecule has 2 amide bonds. The van der Waals surface area contributed by atoms with Gasteiger partial charge in [-0.15, -0.1) is 0 Å². The molecule has 3 heterocycles. The molecule has 2 atom stereocenters. The maximum atomic E-state index is 12.7. The van der Waals surface area contributed by atoms with E-state index in [2.05, 4.69) is 23.3 Å². The SMILES string of the molecule is C=C(C)OC(=O)N1CCC(C)(N2CCC(N3C(=O)C[C@H]4CCCC[C@@H]43)CC2)CC1. The molecule has 1 aliphatic carbocycles. The van der Waals surface area contributed by atoms with Crippen LogP contribution < -0.4 is 0 Å². The summed E-state index contributed by atoms with van der Waals surface area (Å²) in [7, 11) is 0. The topological polar surface area (TPSA) is 53.1 Å². The molecule has 4 fully saturated rings. The minimum absolute atomic E-state index is 0.132. The number of piperidine rings is 2. The number of ether oxygens (including phenoxy) is 1. The number of likely N-dealkylation sites (tertiary alicyclic amines) is 3. The van der Waals surface area contributed by atoms with Gasteiger partial charge in [0.2, 0.25) is 5.91 Å². The quantitative estimate of drug-likeness (QED) is 0.673. The van der Waals surface area contributed by atoms with Gasteiger partial charge in [0, 0.05) is 50.2 Å². The Morgan fingerprint density at radius 3 is 2.38 bits per heavy atom. The summed E-state index contributed by atoms with van der Waals surface area (Å²) in [5.41, 5.74) is 0.132. The van der Waals surface area contributed by atoms with Gasteiger partial charge in [-0.05, 0) is 58.3 Å². The molecule has 0 spiro atoms. The molecule has 0 unspecified atom stereocenters. The van der Waals surface area contributed by atoms with Crippen LogP contribution in [0.1, 0.15) is 71.6 Å². The fraction of sp³-hybridized carbons (Fsp3) is 0.826. The van der Waals surface area contributed by atoms with E-state index < -0.39 is 0 Å². The van der Waals surface area contributed by atoms with Crippen LogP contribution in [0, 0.1) is 5.92 Å². The summed E-state index contributed by atoms with van der Waals surface area (Å²) in [5, 5.41) is 0. The highest BCUT2D eigenvalue weighted by Gasteiger charge is 2.46. The summed E-state index contributed by atoms with van der Waals surface area (Å²) < 4.78 is 5.17. The minimum Gasteiger partial charge on any atom is -0.416 e. The van der Waals surface area contributed by atoms with E-state index >= 15 is 0 Å². The Bertz CT molecular complexity index is 648. The van der Waals surface area contributed by atoms with E-state index in [1.54, 1.807) is 11.8 Å². The first-order valence-corrected chi connectivity index (χ1v) is 11.6. The molecule has 4 rings (SSSR count). The van der Waals surface area contributed by atoms with Crippen molar-refractivity contribution in [2.45, 2.75) is 89.3 Å². The molecule has 0 aromatic heterocycles. The standard InChI is InChI=1S/C23H37N3O3/c1-17(2)29-22(28)24-14-10-23(3,11-15-24)25-12-8-19(9-13-25)26-20-7-5-4-6-18(20)16-21(26)27/h18-20H,1,4-16H2,2-3H3/t18-,20+/m1/s1. The fourth-order valence-corrected chi connectivity index (χ4v) is 6.17. The van der Waals surface area contributed by atoms with Crippen LogP contribution in [0.5, 0.6) is 0 Å². The van der Waals surface area contributed by atoms with Crippen LogP contribution in [-0.4, -0.2) is 70.5 Å². The van der Waals surface area contributed by atoms with Gasteiger partial charge >= 0.3 is 6.09 Å². The average Bonchev–Trinajstić information content (AvgIpc) is 3.04. The zero-order valence-corrected chi connectivity index (χ0v) is 18.2. The van der Waals surface area contributed by atoms with E-state index in [0.717, 1.165) is 58.3 Å². The summed E-state index contributed by atoms with van der Waals surface area (Å²) in [6, 6.07) is 0.951. The molecular weight excluding hydrogens is 366 g/mol. The van der Waals surface area contributed by atoms with Gasteiger partial charge in [-0.3, -0.25) is 9.69 Å². The first kappa shape index (κ1) is 20.7. The van der Waals surface area contributed by atoms with E-state index in [-0.39, 0.29) is 11.6 Å². The smallest absolute Gasteiger partial charge is 0.414 e. The van der Waals surface area contributed by atoms with Crippen molar-refractivity contribution in [3.8, 4) is 0 Å². The van der Waals surface area contributed by atoms with Gasteiger partial charge < -0.3 is 14.5 Å². The van der Waals surface area contributed by atoms with Crippen LogP contribution in [0.3, 0.4) is 0 Å². The third-order valence-corrected chi connectivity index (χ3v) is 7.93. The van der Waals surface area contributed by atoms with Crippen LogP contribution >= 0.6 is 0 Å². The van der Waals surface area contributed by atoms with Crippen molar-refractivity contribution >= 4 is 12.0 Å². The van der Waals surface area contributed by atoms with Crippen molar-refractivity contribution in [2.75, 3.05) is 26.2 Å². The van der Waals surface area contributed by atoms with Crippen molar-refractivity contribution in [2.24, 2.45) is 5.92 Å². The van der Waals surface area contributed by atoms with E-state index in [4.69, 9.17) is 4.74 Å². The predicted molar refractivity (Wildman–Crippen MR) is 112 cm³/mol. The summed E-state index contributed by atoms with van der Waals surface area (Å²) in [6.07, 6.45) is 9.68. The number of rotatable bonds is 3. The van der Waals surface area contributed by atoms with Crippen molar-refractivity contribution in [1.29, 1.82) is 0 Å². The summed E-state index contributed by atoms with van der Waals surface area (Å²) in [5.74, 6) is 1.48. The molecule has 3 saturated heterocycles. The molecule has 6 heteroatoms. The lowest BCUT2D eigenvalue weighted by Crippen LogP contribution is -2.58. The normalized spacial score (nSPS) is 30.9. The summed E-state index contributed by atoms with van der Waals surface area (Å²) in [4.78, 5) is 31.6. The van der Waals surface area contributed by atoms with E-state index in [1.165, 1.54) is 25.7 Å². The lowest BCUT2D eigenvalue weighted by molar-refractivity contribution is -0.132. The number of carbonyl (C=O) groups excluding carboxylic acids is 2. The molecule has 29 heavy (non-hydrogen) atoms. The van der Waals surface area contributed by atoms with E-state index in [1.807, 2.05) is 0 Å². The number of hydrogen-bond donors (Lipinski definition) is 0. The Hall–Kier alpha value is -1.56. The zero-order chi connectivity index (χ0) is 20.6. The van der Waals surface area contributed by atoms with Crippen LogP contribution in [0.25, 0.3) is 0 Å². The highest BCUT2D eigenvalue weighted by Crippen LogP contribution is 2.40.